The quantitative estimate of drug-likeness (QED) is 0.760. The van der Waals surface area contributed by atoms with Crippen molar-refractivity contribution in [1.82, 2.24) is 4.98 Å². The smallest absolute Gasteiger partial charge is 0.126 e. The molecule has 0 fully saturated rings. The summed E-state index contributed by atoms with van der Waals surface area (Å²) in [5, 5.41) is 0. The average Bonchev–Trinajstić information content (AvgIpc) is 2.32. The molecule has 0 N–H and O–H groups in total. The number of nitrogens with zero attached hydrogens (tertiary/aromatic N) is 1. The number of benzene rings is 1. The van der Waals surface area contributed by atoms with Gasteiger partial charge >= 0.3 is 0 Å². The third kappa shape index (κ3) is 2.28. The molecule has 4 heteroatoms. The zero-order chi connectivity index (χ0) is 11.5. The normalized spacial score (nSPS) is 10.2. The lowest BCUT2D eigenvalue weighted by Gasteiger charge is -2.08. The highest BCUT2D eigenvalue weighted by molar-refractivity contribution is 9.13. The van der Waals surface area contributed by atoms with Crippen LogP contribution in [0.3, 0.4) is 0 Å². The first-order chi connectivity index (χ1) is 7.72. The summed E-state index contributed by atoms with van der Waals surface area (Å²) in [5.74, 6) is 0.846. The molecular formula is C12H9Br2NO. The summed E-state index contributed by atoms with van der Waals surface area (Å²) in [5.41, 5.74) is 2.05. The molecule has 0 bridgehead atoms. The Morgan fingerprint density at radius 1 is 1.19 bits per heavy atom. The Morgan fingerprint density at radius 2 is 1.94 bits per heavy atom. The largest absolute Gasteiger partial charge is 0.496 e. The lowest BCUT2D eigenvalue weighted by atomic mass is 10.1. The molecule has 16 heavy (non-hydrogen) atoms. The molecule has 2 aromatic rings. The Morgan fingerprint density at radius 3 is 2.62 bits per heavy atom. The van der Waals surface area contributed by atoms with E-state index in [1.807, 2.05) is 36.5 Å². The molecule has 0 aliphatic carbocycles. The second-order valence-corrected chi connectivity index (χ2v) is 4.80. The number of hydrogen-bond donors (Lipinski definition) is 0. The molecule has 1 heterocycles. The van der Waals surface area contributed by atoms with Crippen molar-refractivity contribution in [3.05, 3.63) is 45.6 Å². The molecule has 2 nitrogen and oxygen atoms in total. The van der Waals surface area contributed by atoms with Crippen molar-refractivity contribution in [2.75, 3.05) is 7.11 Å². The van der Waals surface area contributed by atoms with E-state index in [0.29, 0.717) is 0 Å². The summed E-state index contributed by atoms with van der Waals surface area (Å²) < 4.78 is 7.04. The van der Waals surface area contributed by atoms with E-state index in [2.05, 4.69) is 36.8 Å². The van der Waals surface area contributed by atoms with Crippen LogP contribution in [0.25, 0.3) is 11.1 Å². The monoisotopic (exact) mass is 341 g/mol. The number of methoxy groups -OCH3 is 1. The number of halogens is 2. The Kier molecular flexibility index (Phi) is 3.61. The van der Waals surface area contributed by atoms with Crippen LogP contribution >= 0.6 is 31.9 Å². The molecule has 1 aromatic carbocycles. The standard InChI is InChI=1S/C12H9Br2NO/c1-16-11-5-3-2-4-9(11)8-6-10(13)12(14)15-7-8/h2-7H,1H3. The van der Waals surface area contributed by atoms with Gasteiger partial charge in [-0.05, 0) is 44.0 Å². The van der Waals surface area contributed by atoms with Gasteiger partial charge in [0.1, 0.15) is 10.4 Å². The number of rotatable bonds is 2. The molecule has 2 rings (SSSR count). The van der Waals surface area contributed by atoms with Gasteiger partial charge in [0, 0.05) is 17.3 Å². The average molecular weight is 343 g/mol. The Bertz CT molecular complexity index is 514. The molecule has 0 amide bonds. The van der Waals surface area contributed by atoms with Crippen molar-refractivity contribution in [1.29, 1.82) is 0 Å². The van der Waals surface area contributed by atoms with E-state index in [1.165, 1.54) is 0 Å². The minimum absolute atomic E-state index is 0.797. The van der Waals surface area contributed by atoms with Crippen LogP contribution in [0, 0.1) is 0 Å². The van der Waals surface area contributed by atoms with Crippen LogP contribution in [0.2, 0.25) is 0 Å². The third-order valence-corrected chi connectivity index (χ3v) is 3.98. The summed E-state index contributed by atoms with van der Waals surface area (Å²) in [6.07, 6.45) is 1.81. The summed E-state index contributed by atoms with van der Waals surface area (Å²) in [6, 6.07) is 9.88. The van der Waals surface area contributed by atoms with E-state index in [-0.39, 0.29) is 0 Å². The van der Waals surface area contributed by atoms with Crippen molar-refractivity contribution in [3.8, 4) is 16.9 Å². The van der Waals surface area contributed by atoms with Crippen LogP contribution in [0.15, 0.2) is 45.6 Å². The van der Waals surface area contributed by atoms with Gasteiger partial charge in [0.25, 0.3) is 0 Å². The van der Waals surface area contributed by atoms with Crippen LogP contribution in [0.5, 0.6) is 5.75 Å². The number of ether oxygens (including phenoxy) is 1. The maximum absolute atomic E-state index is 5.32. The Balaban J connectivity index is 2.54. The van der Waals surface area contributed by atoms with Crippen molar-refractivity contribution in [2.24, 2.45) is 0 Å². The maximum atomic E-state index is 5.32. The first-order valence-electron chi connectivity index (χ1n) is 4.67. The molecule has 0 aliphatic heterocycles. The van der Waals surface area contributed by atoms with Gasteiger partial charge in [-0.1, -0.05) is 18.2 Å². The number of hydrogen-bond acceptors (Lipinski definition) is 2. The fraction of sp³-hybridized carbons (Fsp3) is 0.0833. The SMILES string of the molecule is COc1ccccc1-c1cnc(Br)c(Br)c1. The molecule has 0 aliphatic rings. The first kappa shape index (κ1) is 11.6. The van der Waals surface area contributed by atoms with E-state index < -0.39 is 0 Å². The van der Waals surface area contributed by atoms with Gasteiger partial charge in [0.15, 0.2) is 0 Å². The lowest BCUT2D eigenvalue weighted by Crippen LogP contribution is -1.88. The second kappa shape index (κ2) is 4.97. The molecular weight excluding hydrogens is 334 g/mol. The molecule has 0 radical (unpaired) electrons. The van der Waals surface area contributed by atoms with E-state index in [1.54, 1.807) is 7.11 Å². The van der Waals surface area contributed by atoms with Crippen molar-refractivity contribution < 1.29 is 4.74 Å². The summed E-state index contributed by atoms with van der Waals surface area (Å²) in [6.45, 7) is 0. The number of aromatic nitrogens is 1. The molecule has 0 saturated carbocycles. The molecule has 82 valence electrons. The summed E-state index contributed by atoms with van der Waals surface area (Å²) in [7, 11) is 1.67. The van der Waals surface area contributed by atoms with E-state index >= 15 is 0 Å². The van der Waals surface area contributed by atoms with E-state index in [9.17, 15) is 0 Å². The fourth-order valence-corrected chi connectivity index (χ4v) is 2.02. The highest BCUT2D eigenvalue weighted by atomic mass is 79.9. The van der Waals surface area contributed by atoms with Gasteiger partial charge in [-0.2, -0.15) is 0 Å². The molecule has 0 spiro atoms. The van der Waals surface area contributed by atoms with Crippen LogP contribution in [0.1, 0.15) is 0 Å². The number of para-hydroxylation sites is 1. The lowest BCUT2D eigenvalue weighted by molar-refractivity contribution is 0.416. The zero-order valence-electron chi connectivity index (χ0n) is 8.58. The van der Waals surface area contributed by atoms with Crippen LogP contribution in [-0.4, -0.2) is 12.1 Å². The zero-order valence-corrected chi connectivity index (χ0v) is 11.7. The Hall–Kier alpha value is -0.870. The highest BCUT2D eigenvalue weighted by Crippen LogP contribution is 2.32. The van der Waals surface area contributed by atoms with E-state index in [0.717, 1.165) is 26.0 Å². The predicted molar refractivity (Wildman–Crippen MR) is 71.6 cm³/mol. The Labute approximate surface area is 111 Å². The second-order valence-electron chi connectivity index (χ2n) is 3.20. The molecule has 0 atom stereocenters. The summed E-state index contributed by atoms with van der Waals surface area (Å²) >= 11 is 6.79. The molecule has 1 aromatic heterocycles. The van der Waals surface area contributed by atoms with Gasteiger partial charge in [0.05, 0.1) is 11.6 Å². The van der Waals surface area contributed by atoms with Gasteiger partial charge in [-0.15, -0.1) is 0 Å². The third-order valence-electron chi connectivity index (χ3n) is 2.21. The highest BCUT2D eigenvalue weighted by Gasteiger charge is 2.07. The first-order valence-corrected chi connectivity index (χ1v) is 6.25. The van der Waals surface area contributed by atoms with Crippen LogP contribution < -0.4 is 4.74 Å². The van der Waals surface area contributed by atoms with Crippen LogP contribution in [-0.2, 0) is 0 Å². The van der Waals surface area contributed by atoms with Gasteiger partial charge in [-0.3, -0.25) is 0 Å². The fourth-order valence-electron chi connectivity index (χ4n) is 1.45. The van der Waals surface area contributed by atoms with Crippen molar-refractivity contribution in [2.45, 2.75) is 0 Å². The predicted octanol–water partition coefficient (Wildman–Crippen LogP) is 4.28. The van der Waals surface area contributed by atoms with Crippen molar-refractivity contribution >= 4 is 31.9 Å². The van der Waals surface area contributed by atoms with Gasteiger partial charge < -0.3 is 4.74 Å². The van der Waals surface area contributed by atoms with Gasteiger partial charge in [0.2, 0.25) is 0 Å². The van der Waals surface area contributed by atoms with E-state index in [4.69, 9.17) is 4.74 Å². The molecule has 0 unspecified atom stereocenters. The topological polar surface area (TPSA) is 22.1 Å². The minimum atomic E-state index is 0.797. The maximum Gasteiger partial charge on any atom is 0.126 e. The number of pyridine rings is 1. The summed E-state index contributed by atoms with van der Waals surface area (Å²) in [4.78, 5) is 4.24. The van der Waals surface area contributed by atoms with Crippen molar-refractivity contribution in [3.63, 3.8) is 0 Å². The van der Waals surface area contributed by atoms with Crippen LogP contribution in [0.4, 0.5) is 0 Å². The molecule has 0 saturated heterocycles. The van der Waals surface area contributed by atoms with Gasteiger partial charge in [-0.25, -0.2) is 4.98 Å². The minimum Gasteiger partial charge on any atom is -0.496 e.